The molecule has 0 bridgehead atoms. The number of rotatable bonds is 1. The number of anilines is 1. The SMILES string of the molecule is Nc1ccc2[nH]c(=O)c(=O)n(C3CCCCC3)c2c1. The molecular weight excluding hydrogens is 242 g/mol. The zero-order valence-electron chi connectivity index (χ0n) is 10.7. The fraction of sp³-hybridized carbons (Fsp3) is 0.429. The van der Waals surface area contributed by atoms with E-state index in [1.165, 1.54) is 6.42 Å². The molecule has 19 heavy (non-hydrogen) atoms. The summed E-state index contributed by atoms with van der Waals surface area (Å²) in [5, 5.41) is 0. The Hall–Kier alpha value is -2.04. The van der Waals surface area contributed by atoms with E-state index in [0.717, 1.165) is 31.2 Å². The maximum absolute atomic E-state index is 12.2. The van der Waals surface area contributed by atoms with Gasteiger partial charge in [0.05, 0.1) is 11.0 Å². The van der Waals surface area contributed by atoms with Gasteiger partial charge in [-0.2, -0.15) is 0 Å². The van der Waals surface area contributed by atoms with Gasteiger partial charge in [-0.3, -0.25) is 14.2 Å². The third-order valence-electron chi connectivity index (χ3n) is 3.88. The molecular formula is C14H17N3O2. The number of fused-ring (bicyclic) bond motifs is 1. The molecule has 1 fully saturated rings. The summed E-state index contributed by atoms with van der Waals surface area (Å²) in [6.07, 6.45) is 5.32. The van der Waals surface area contributed by atoms with Crippen LogP contribution in [0, 0.1) is 0 Å². The number of nitrogens with two attached hydrogens (primary N) is 1. The molecule has 2 aromatic rings. The van der Waals surface area contributed by atoms with Crippen molar-refractivity contribution in [3.8, 4) is 0 Å². The Kier molecular flexibility index (Phi) is 2.89. The Morgan fingerprint density at radius 3 is 2.63 bits per heavy atom. The molecule has 0 saturated heterocycles. The minimum Gasteiger partial charge on any atom is -0.399 e. The highest BCUT2D eigenvalue weighted by Gasteiger charge is 2.19. The highest BCUT2D eigenvalue weighted by Crippen LogP contribution is 2.29. The first-order chi connectivity index (χ1) is 9.16. The number of nitrogen functional groups attached to an aromatic ring is 1. The predicted molar refractivity (Wildman–Crippen MR) is 75.4 cm³/mol. The molecule has 1 aromatic heterocycles. The first-order valence-electron chi connectivity index (χ1n) is 6.71. The average Bonchev–Trinajstić information content (AvgIpc) is 2.42. The van der Waals surface area contributed by atoms with Crippen LogP contribution in [0.25, 0.3) is 11.0 Å². The van der Waals surface area contributed by atoms with Gasteiger partial charge < -0.3 is 10.7 Å². The third kappa shape index (κ3) is 2.05. The summed E-state index contributed by atoms with van der Waals surface area (Å²) in [6.45, 7) is 0. The van der Waals surface area contributed by atoms with E-state index < -0.39 is 11.1 Å². The lowest BCUT2D eigenvalue weighted by Gasteiger charge is -2.25. The standard InChI is InChI=1S/C14H17N3O2/c15-9-6-7-11-12(8-9)17(14(19)13(18)16-11)10-4-2-1-3-5-10/h6-8,10H,1-5,15H2,(H,16,18). The minimum atomic E-state index is -0.553. The van der Waals surface area contributed by atoms with Gasteiger partial charge in [0.25, 0.3) is 0 Å². The molecule has 3 N–H and O–H groups in total. The summed E-state index contributed by atoms with van der Waals surface area (Å²) in [6, 6.07) is 5.37. The van der Waals surface area contributed by atoms with E-state index in [9.17, 15) is 9.59 Å². The molecule has 0 radical (unpaired) electrons. The van der Waals surface area contributed by atoms with Gasteiger partial charge in [0, 0.05) is 11.7 Å². The number of nitrogens with one attached hydrogen (secondary N) is 1. The Morgan fingerprint density at radius 2 is 1.89 bits per heavy atom. The smallest absolute Gasteiger partial charge is 0.316 e. The van der Waals surface area contributed by atoms with Crippen LogP contribution in [-0.4, -0.2) is 9.55 Å². The second-order valence-corrected chi connectivity index (χ2v) is 5.20. The molecule has 1 saturated carbocycles. The molecule has 1 aromatic carbocycles. The summed E-state index contributed by atoms with van der Waals surface area (Å²) in [4.78, 5) is 26.6. The Morgan fingerprint density at radius 1 is 1.16 bits per heavy atom. The van der Waals surface area contributed by atoms with E-state index in [1.54, 1.807) is 22.8 Å². The lowest BCUT2D eigenvalue weighted by molar-refractivity contribution is 0.353. The van der Waals surface area contributed by atoms with Crippen molar-refractivity contribution in [1.29, 1.82) is 0 Å². The van der Waals surface area contributed by atoms with E-state index in [-0.39, 0.29) is 6.04 Å². The van der Waals surface area contributed by atoms with Crippen LogP contribution in [0.4, 0.5) is 5.69 Å². The number of nitrogens with zero attached hydrogens (tertiary/aromatic N) is 1. The quantitative estimate of drug-likeness (QED) is 0.605. The van der Waals surface area contributed by atoms with Gasteiger partial charge in [-0.15, -0.1) is 0 Å². The van der Waals surface area contributed by atoms with Crippen molar-refractivity contribution < 1.29 is 0 Å². The van der Waals surface area contributed by atoms with Crippen molar-refractivity contribution in [2.75, 3.05) is 5.73 Å². The molecule has 5 heteroatoms. The zero-order chi connectivity index (χ0) is 13.4. The molecule has 0 spiro atoms. The summed E-state index contributed by atoms with van der Waals surface area (Å²) < 4.78 is 1.64. The molecule has 100 valence electrons. The molecule has 1 aliphatic rings. The highest BCUT2D eigenvalue weighted by atomic mass is 16.2. The maximum Gasteiger partial charge on any atom is 0.316 e. The van der Waals surface area contributed by atoms with Crippen LogP contribution in [0.2, 0.25) is 0 Å². The fourth-order valence-corrected chi connectivity index (χ4v) is 2.95. The maximum atomic E-state index is 12.2. The molecule has 0 unspecified atom stereocenters. The Balaban J connectivity index is 2.30. The molecule has 1 heterocycles. The summed E-state index contributed by atoms with van der Waals surface area (Å²) in [7, 11) is 0. The summed E-state index contributed by atoms with van der Waals surface area (Å²) in [5.74, 6) is 0. The normalized spacial score (nSPS) is 16.8. The van der Waals surface area contributed by atoms with Crippen LogP contribution < -0.4 is 16.9 Å². The van der Waals surface area contributed by atoms with Crippen LogP contribution in [0.15, 0.2) is 27.8 Å². The summed E-state index contributed by atoms with van der Waals surface area (Å²) in [5.41, 5.74) is 6.79. The van der Waals surface area contributed by atoms with Gasteiger partial charge in [-0.1, -0.05) is 19.3 Å². The second kappa shape index (κ2) is 4.57. The minimum absolute atomic E-state index is 0.118. The van der Waals surface area contributed by atoms with Crippen LogP contribution in [0.1, 0.15) is 38.1 Å². The zero-order valence-corrected chi connectivity index (χ0v) is 10.7. The summed E-state index contributed by atoms with van der Waals surface area (Å²) >= 11 is 0. The molecule has 1 aliphatic carbocycles. The average molecular weight is 259 g/mol. The van der Waals surface area contributed by atoms with Gasteiger partial charge in [0.1, 0.15) is 0 Å². The highest BCUT2D eigenvalue weighted by molar-refractivity contribution is 5.78. The van der Waals surface area contributed by atoms with Crippen molar-refractivity contribution in [3.05, 3.63) is 38.9 Å². The topological polar surface area (TPSA) is 80.9 Å². The number of benzene rings is 1. The van der Waals surface area contributed by atoms with E-state index in [1.807, 2.05) is 0 Å². The van der Waals surface area contributed by atoms with E-state index in [2.05, 4.69) is 4.98 Å². The number of aromatic amines is 1. The second-order valence-electron chi connectivity index (χ2n) is 5.20. The first-order valence-corrected chi connectivity index (χ1v) is 6.71. The predicted octanol–water partition coefficient (Wildman–Crippen LogP) is 1.78. The largest absolute Gasteiger partial charge is 0.399 e. The number of aromatic nitrogens is 2. The molecule has 5 nitrogen and oxygen atoms in total. The van der Waals surface area contributed by atoms with Gasteiger partial charge in [0.2, 0.25) is 0 Å². The van der Waals surface area contributed by atoms with Crippen molar-refractivity contribution in [2.45, 2.75) is 38.1 Å². The monoisotopic (exact) mass is 259 g/mol. The number of hydrogen-bond donors (Lipinski definition) is 2. The Labute approximate surface area is 110 Å². The number of H-pyrrole nitrogens is 1. The van der Waals surface area contributed by atoms with Crippen molar-refractivity contribution >= 4 is 16.7 Å². The Bertz CT molecular complexity index is 724. The van der Waals surface area contributed by atoms with Crippen LogP contribution in [-0.2, 0) is 0 Å². The fourth-order valence-electron chi connectivity index (χ4n) is 2.95. The van der Waals surface area contributed by atoms with Crippen LogP contribution in [0.3, 0.4) is 0 Å². The van der Waals surface area contributed by atoms with Crippen molar-refractivity contribution in [1.82, 2.24) is 9.55 Å². The molecule has 3 rings (SSSR count). The van der Waals surface area contributed by atoms with Crippen LogP contribution >= 0.6 is 0 Å². The lowest BCUT2D eigenvalue weighted by Crippen LogP contribution is -2.38. The van der Waals surface area contributed by atoms with Gasteiger partial charge in [0.15, 0.2) is 0 Å². The van der Waals surface area contributed by atoms with Crippen molar-refractivity contribution in [3.63, 3.8) is 0 Å². The van der Waals surface area contributed by atoms with Crippen LogP contribution in [0.5, 0.6) is 0 Å². The van der Waals surface area contributed by atoms with E-state index in [0.29, 0.717) is 11.2 Å². The van der Waals surface area contributed by atoms with Gasteiger partial charge in [-0.05, 0) is 31.0 Å². The lowest BCUT2D eigenvalue weighted by atomic mass is 9.95. The molecule has 0 atom stereocenters. The van der Waals surface area contributed by atoms with Gasteiger partial charge >= 0.3 is 11.1 Å². The van der Waals surface area contributed by atoms with E-state index in [4.69, 9.17) is 5.73 Å². The first kappa shape index (κ1) is 12.0. The number of hydrogen-bond acceptors (Lipinski definition) is 3. The molecule has 0 amide bonds. The molecule has 0 aliphatic heterocycles. The third-order valence-corrected chi connectivity index (χ3v) is 3.88. The van der Waals surface area contributed by atoms with Crippen molar-refractivity contribution in [2.24, 2.45) is 0 Å². The van der Waals surface area contributed by atoms with E-state index >= 15 is 0 Å². The van der Waals surface area contributed by atoms with Gasteiger partial charge in [-0.25, -0.2) is 0 Å².